The molecule has 4 rings (SSSR count). The second kappa shape index (κ2) is 6.14. The average molecular weight is 352 g/mol. The second-order valence-corrected chi connectivity index (χ2v) is 6.70. The Hall–Kier alpha value is -2.86. The van der Waals surface area contributed by atoms with E-state index in [1.807, 2.05) is 34.9 Å². The van der Waals surface area contributed by atoms with Crippen LogP contribution in [0, 0.1) is 0 Å². The zero-order valence-electron chi connectivity index (χ0n) is 14.5. The molecule has 0 saturated heterocycles. The zero-order chi connectivity index (χ0) is 18.3. The Morgan fingerprint density at radius 3 is 2.88 bits per heavy atom. The number of hydrogen-bond donors (Lipinski definition) is 1. The molecule has 0 spiro atoms. The summed E-state index contributed by atoms with van der Waals surface area (Å²) in [5, 5.41) is 9.65. The molecule has 0 radical (unpaired) electrons. The molecule has 2 aromatic rings. The number of carbonyl (C=O) groups excluding carboxylic acids is 1. The van der Waals surface area contributed by atoms with Gasteiger partial charge in [-0.25, -0.2) is 0 Å². The molecule has 1 aromatic carbocycles. The summed E-state index contributed by atoms with van der Waals surface area (Å²) < 4.78 is 7.22. The summed E-state index contributed by atoms with van der Waals surface area (Å²) in [6.07, 6.45) is 7.16. The minimum Gasteiger partial charge on any atom is -0.503 e. The smallest absolute Gasteiger partial charge is 0.223 e. The summed E-state index contributed by atoms with van der Waals surface area (Å²) in [5.74, 6) is 0.462. The van der Waals surface area contributed by atoms with Crippen molar-refractivity contribution in [3.63, 3.8) is 0 Å². The van der Waals surface area contributed by atoms with Crippen LogP contribution in [-0.4, -0.2) is 34.5 Å². The number of pyridine rings is 1. The molecule has 1 aromatic heterocycles. The lowest BCUT2D eigenvalue weighted by atomic mass is 9.80. The number of nitrogens with zero attached hydrogens (tertiary/aromatic N) is 2. The molecule has 2 aliphatic rings. The fraction of sp³-hybridized carbons (Fsp3) is 0.300. The van der Waals surface area contributed by atoms with Crippen molar-refractivity contribution in [1.29, 1.82) is 0 Å². The van der Waals surface area contributed by atoms with E-state index in [0.29, 0.717) is 25.4 Å². The number of aromatic nitrogens is 1. The molecule has 0 saturated carbocycles. The molecule has 0 amide bonds. The van der Waals surface area contributed by atoms with Crippen molar-refractivity contribution >= 4 is 6.29 Å². The summed E-state index contributed by atoms with van der Waals surface area (Å²) in [6, 6.07) is 7.27. The minimum atomic E-state index is -0.888. The molecular formula is C20H20N2O4. The van der Waals surface area contributed by atoms with Gasteiger partial charge in [0.1, 0.15) is 17.6 Å². The Balaban J connectivity index is 1.80. The molecule has 1 unspecified atom stereocenters. The number of allylic oxidation sites excluding steroid dienone is 1. The predicted molar refractivity (Wildman–Crippen MR) is 96.4 cm³/mol. The number of fused-ring (bicyclic) bond motifs is 2. The summed E-state index contributed by atoms with van der Waals surface area (Å²) >= 11 is 0. The number of aldehydes is 1. The zero-order valence-corrected chi connectivity index (χ0v) is 14.5. The first-order chi connectivity index (χ1) is 12.6. The molecule has 2 heterocycles. The van der Waals surface area contributed by atoms with E-state index >= 15 is 0 Å². The van der Waals surface area contributed by atoms with Crippen LogP contribution in [0.2, 0.25) is 0 Å². The van der Waals surface area contributed by atoms with Crippen molar-refractivity contribution in [2.24, 2.45) is 0 Å². The number of carbonyl (C=O) groups is 1. The van der Waals surface area contributed by atoms with Gasteiger partial charge >= 0.3 is 0 Å². The molecule has 1 aliphatic heterocycles. The fourth-order valence-corrected chi connectivity index (χ4v) is 3.91. The monoisotopic (exact) mass is 352 g/mol. The van der Waals surface area contributed by atoms with E-state index in [1.165, 1.54) is 12.3 Å². The van der Waals surface area contributed by atoms with E-state index < -0.39 is 11.0 Å². The van der Waals surface area contributed by atoms with Gasteiger partial charge in [0.15, 0.2) is 5.75 Å². The molecule has 1 N–H and O–H groups in total. The van der Waals surface area contributed by atoms with E-state index in [-0.39, 0.29) is 5.75 Å². The summed E-state index contributed by atoms with van der Waals surface area (Å²) in [5.41, 5.74) is 1.50. The summed E-state index contributed by atoms with van der Waals surface area (Å²) in [6.45, 7) is 1.65. The van der Waals surface area contributed by atoms with Gasteiger partial charge in [0.25, 0.3) is 0 Å². The van der Waals surface area contributed by atoms with Crippen LogP contribution in [0.1, 0.15) is 16.8 Å². The molecule has 1 atom stereocenters. The molecule has 6 heteroatoms. The molecular weight excluding hydrogens is 332 g/mol. The normalized spacial score (nSPS) is 21.7. The van der Waals surface area contributed by atoms with Gasteiger partial charge in [-0.3, -0.25) is 9.69 Å². The minimum absolute atomic E-state index is 0.250. The SMILES string of the molecule is COc1ccc2c(c1)C(C=O)(N1CCn3cc(O)c(=O)cc3C1)C=CC2. The topological polar surface area (TPSA) is 71.8 Å². The highest BCUT2D eigenvalue weighted by atomic mass is 16.5. The molecule has 6 nitrogen and oxygen atoms in total. The number of hydrogen-bond acceptors (Lipinski definition) is 5. The molecule has 0 fully saturated rings. The van der Waals surface area contributed by atoms with Gasteiger partial charge in [-0.1, -0.05) is 18.2 Å². The van der Waals surface area contributed by atoms with Crippen LogP contribution in [0.15, 0.2) is 47.4 Å². The standard InChI is InChI=1S/C20H20N2O4/c1-26-16-5-4-14-3-2-6-20(13-23,17(14)10-16)22-8-7-21-12-19(25)18(24)9-15(21)11-22/h2,4-6,9-10,12-13,25H,3,7-8,11H2,1H3. The third-order valence-electron chi connectivity index (χ3n) is 5.32. The van der Waals surface area contributed by atoms with Crippen LogP contribution in [0.3, 0.4) is 0 Å². The molecule has 26 heavy (non-hydrogen) atoms. The molecule has 1 aliphatic carbocycles. The van der Waals surface area contributed by atoms with Gasteiger partial charge in [-0.15, -0.1) is 0 Å². The lowest BCUT2D eigenvalue weighted by molar-refractivity contribution is -0.117. The van der Waals surface area contributed by atoms with Crippen molar-refractivity contribution in [2.45, 2.75) is 25.0 Å². The Bertz CT molecular complexity index is 963. The van der Waals surface area contributed by atoms with Gasteiger partial charge in [-0.05, 0) is 29.7 Å². The second-order valence-electron chi connectivity index (χ2n) is 6.70. The number of ether oxygens (including phenoxy) is 1. The van der Waals surface area contributed by atoms with E-state index in [1.54, 1.807) is 7.11 Å². The number of rotatable bonds is 3. The maximum Gasteiger partial charge on any atom is 0.223 e. The maximum absolute atomic E-state index is 12.3. The van der Waals surface area contributed by atoms with Crippen molar-refractivity contribution in [2.75, 3.05) is 13.7 Å². The van der Waals surface area contributed by atoms with Crippen LogP contribution >= 0.6 is 0 Å². The van der Waals surface area contributed by atoms with Gasteiger partial charge in [0.05, 0.1) is 13.3 Å². The van der Waals surface area contributed by atoms with Crippen LogP contribution in [0.25, 0.3) is 0 Å². The van der Waals surface area contributed by atoms with E-state index in [4.69, 9.17) is 4.74 Å². The Morgan fingerprint density at radius 2 is 2.12 bits per heavy atom. The first-order valence-electron chi connectivity index (χ1n) is 8.56. The first-order valence-corrected chi connectivity index (χ1v) is 8.56. The van der Waals surface area contributed by atoms with Crippen LogP contribution in [0.5, 0.6) is 11.5 Å². The number of aromatic hydroxyl groups is 1. The highest BCUT2D eigenvalue weighted by molar-refractivity contribution is 5.74. The van der Waals surface area contributed by atoms with Gasteiger partial charge < -0.3 is 19.2 Å². The van der Waals surface area contributed by atoms with Crippen LogP contribution in [-0.2, 0) is 29.8 Å². The Labute approximate surface area is 150 Å². The van der Waals surface area contributed by atoms with E-state index in [0.717, 1.165) is 29.5 Å². The summed E-state index contributed by atoms with van der Waals surface area (Å²) in [4.78, 5) is 26.2. The Morgan fingerprint density at radius 1 is 1.27 bits per heavy atom. The van der Waals surface area contributed by atoms with E-state index in [2.05, 4.69) is 4.90 Å². The lowest BCUT2D eigenvalue weighted by Crippen LogP contribution is -2.51. The number of benzene rings is 1. The van der Waals surface area contributed by atoms with Crippen molar-refractivity contribution in [1.82, 2.24) is 9.47 Å². The van der Waals surface area contributed by atoms with Gasteiger partial charge in [0, 0.05) is 31.4 Å². The van der Waals surface area contributed by atoms with Crippen molar-refractivity contribution < 1.29 is 14.6 Å². The third-order valence-corrected chi connectivity index (χ3v) is 5.32. The average Bonchev–Trinajstić information content (AvgIpc) is 2.67. The quantitative estimate of drug-likeness (QED) is 0.671. The first kappa shape index (κ1) is 16.6. The molecule has 134 valence electrons. The maximum atomic E-state index is 12.3. The van der Waals surface area contributed by atoms with Crippen LogP contribution < -0.4 is 10.2 Å². The third kappa shape index (κ3) is 2.45. The van der Waals surface area contributed by atoms with Crippen molar-refractivity contribution in [3.05, 3.63) is 69.7 Å². The van der Waals surface area contributed by atoms with Gasteiger partial charge in [-0.2, -0.15) is 0 Å². The molecule has 0 bridgehead atoms. The highest BCUT2D eigenvalue weighted by Gasteiger charge is 2.41. The van der Waals surface area contributed by atoms with Crippen molar-refractivity contribution in [3.8, 4) is 11.5 Å². The fourth-order valence-electron chi connectivity index (χ4n) is 3.91. The highest BCUT2D eigenvalue weighted by Crippen LogP contribution is 2.38. The lowest BCUT2D eigenvalue weighted by Gasteiger charge is -2.43. The van der Waals surface area contributed by atoms with Gasteiger partial charge in [0.2, 0.25) is 5.43 Å². The predicted octanol–water partition coefficient (Wildman–Crippen LogP) is 1.58. The van der Waals surface area contributed by atoms with Crippen LogP contribution in [0.4, 0.5) is 0 Å². The number of methoxy groups -OCH3 is 1. The summed E-state index contributed by atoms with van der Waals surface area (Å²) in [7, 11) is 1.61. The Kier molecular flexibility index (Phi) is 3.92. The largest absolute Gasteiger partial charge is 0.503 e. The van der Waals surface area contributed by atoms with E-state index in [9.17, 15) is 14.7 Å².